The summed E-state index contributed by atoms with van der Waals surface area (Å²) in [7, 11) is 0. The van der Waals surface area contributed by atoms with Crippen molar-refractivity contribution >= 4 is 11.7 Å². The van der Waals surface area contributed by atoms with E-state index in [9.17, 15) is 4.79 Å². The Labute approximate surface area is 155 Å². The number of anilines is 1. The van der Waals surface area contributed by atoms with Crippen molar-refractivity contribution in [1.29, 1.82) is 0 Å². The molecule has 1 aromatic heterocycles. The highest BCUT2D eigenvalue weighted by Crippen LogP contribution is 2.20. The fourth-order valence-electron chi connectivity index (χ4n) is 2.81. The van der Waals surface area contributed by atoms with Gasteiger partial charge >= 0.3 is 0 Å². The molecular formula is C23H24N2O. The van der Waals surface area contributed by atoms with Gasteiger partial charge in [-0.3, -0.25) is 9.69 Å². The smallest absolute Gasteiger partial charge is 0.259 e. The first-order valence-corrected chi connectivity index (χ1v) is 8.93. The van der Waals surface area contributed by atoms with Gasteiger partial charge in [0.1, 0.15) is 5.82 Å². The molecular weight excluding hydrogens is 320 g/mol. The minimum Gasteiger partial charge on any atom is -0.288 e. The van der Waals surface area contributed by atoms with Crippen LogP contribution in [0.3, 0.4) is 0 Å². The van der Waals surface area contributed by atoms with Gasteiger partial charge in [0.05, 0.1) is 6.54 Å². The van der Waals surface area contributed by atoms with Crippen LogP contribution in [0.15, 0.2) is 72.9 Å². The van der Waals surface area contributed by atoms with Crippen LogP contribution in [0, 0.1) is 6.92 Å². The van der Waals surface area contributed by atoms with E-state index in [0.29, 0.717) is 23.8 Å². The van der Waals surface area contributed by atoms with E-state index in [4.69, 9.17) is 0 Å². The molecule has 26 heavy (non-hydrogen) atoms. The van der Waals surface area contributed by atoms with E-state index in [1.807, 2.05) is 49.4 Å². The number of carbonyl (C=O) groups is 1. The largest absolute Gasteiger partial charge is 0.288 e. The van der Waals surface area contributed by atoms with Gasteiger partial charge in [-0.2, -0.15) is 0 Å². The maximum atomic E-state index is 13.1. The lowest BCUT2D eigenvalue weighted by atomic mass is 10.0. The first-order chi connectivity index (χ1) is 12.5. The van der Waals surface area contributed by atoms with E-state index < -0.39 is 0 Å². The van der Waals surface area contributed by atoms with Crippen molar-refractivity contribution in [3.63, 3.8) is 0 Å². The topological polar surface area (TPSA) is 33.2 Å². The Morgan fingerprint density at radius 2 is 1.65 bits per heavy atom. The Balaban J connectivity index is 1.91. The van der Waals surface area contributed by atoms with Gasteiger partial charge in [0, 0.05) is 11.8 Å². The van der Waals surface area contributed by atoms with Crippen molar-refractivity contribution in [1.82, 2.24) is 4.98 Å². The van der Waals surface area contributed by atoms with Crippen molar-refractivity contribution < 1.29 is 4.79 Å². The molecule has 2 aromatic carbocycles. The van der Waals surface area contributed by atoms with Crippen molar-refractivity contribution in [3.8, 4) is 0 Å². The van der Waals surface area contributed by atoms with Crippen molar-refractivity contribution in [2.24, 2.45) is 0 Å². The molecule has 0 radical (unpaired) electrons. The number of rotatable bonds is 5. The third kappa shape index (κ3) is 4.17. The molecule has 1 heterocycles. The molecule has 0 saturated carbocycles. The van der Waals surface area contributed by atoms with Crippen LogP contribution >= 0.6 is 0 Å². The highest BCUT2D eigenvalue weighted by Gasteiger charge is 2.19. The molecule has 3 nitrogen and oxygen atoms in total. The van der Waals surface area contributed by atoms with E-state index in [2.05, 4.69) is 43.1 Å². The monoisotopic (exact) mass is 344 g/mol. The first kappa shape index (κ1) is 17.9. The highest BCUT2D eigenvalue weighted by molar-refractivity contribution is 6.05. The standard InChI is InChI=1S/C23H24N2O/c1-17(2)20-13-9-19(10-14-20)16-25(22-6-4-5-15-24-22)23(26)21-11-7-18(3)8-12-21/h4-15,17H,16H2,1-3H3. The predicted molar refractivity (Wildman–Crippen MR) is 106 cm³/mol. The number of nitrogens with zero attached hydrogens (tertiary/aromatic N) is 2. The molecule has 0 fully saturated rings. The molecule has 1 amide bonds. The zero-order valence-corrected chi connectivity index (χ0v) is 15.5. The van der Waals surface area contributed by atoms with Crippen LogP contribution in [-0.4, -0.2) is 10.9 Å². The first-order valence-electron chi connectivity index (χ1n) is 8.93. The van der Waals surface area contributed by atoms with Crippen LogP contribution in [-0.2, 0) is 6.54 Å². The summed E-state index contributed by atoms with van der Waals surface area (Å²) in [6, 6.07) is 21.7. The number of aromatic nitrogens is 1. The van der Waals surface area contributed by atoms with Gasteiger partial charge in [0.2, 0.25) is 0 Å². The Hall–Kier alpha value is -2.94. The maximum Gasteiger partial charge on any atom is 0.259 e. The van der Waals surface area contributed by atoms with Crippen LogP contribution in [0.5, 0.6) is 0 Å². The highest BCUT2D eigenvalue weighted by atomic mass is 16.2. The van der Waals surface area contributed by atoms with Gasteiger partial charge < -0.3 is 0 Å². The van der Waals surface area contributed by atoms with E-state index in [0.717, 1.165) is 11.1 Å². The summed E-state index contributed by atoms with van der Waals surface area (Å²) in [6.07, 6.45) is 1.71. The number of pyridine rings is 1. The second kappa shape index (κ2) is 7.96. The van der Waals surface area contributed by atoms with E-state index in [-0.39, 0.29) is 5.91 Å². The van der Waals surface area contributed by atoms with Crippen LogP contribution < -0.4 is 4.90 Å². The van der Waals surface area contributed by atoms with Gasteiger partial charge in [-0.15, -0.1) is 0 Å². The molecule has 0 unspecified atom stereocenters. The van der Waals surface area contributed by atoms with Crippen molar-refractivity contribution in [3.05, 3.63) is 95.2 Å². The quantitative estimate of drug-likeness (QED) is 0.624. The molecule has 0 bridgehead atoms. The lowest BCUT2D eigenvalue weighted by Gasteiger charge is -2.22. The molecule has 3 aromatic rings. The average molecular weight is 344 g/mol. The average Bonchev–Trinajstić information content (AvgIpc) is 2.67. The molecule has 0 atom stereocenters. The third-order valence-corrected chi connectivity index (χ3v) is 4.46. The zero-order valence-electron chi connectivity index (χ0n) is 15.5. The van der Waals surface area contributed by atoms with Gasteiger partial charge in [-0.25, -0.2) is 4.98 Å². The number of amides is 1. The molecule has 0 aliphatic heterocycles. The Morgan fingerprint density at radius 3 is 2.23 bits per heavy atom. The molecule has 0 N–H and O–H groups in total. The normalized spacial score (nSPS) is 10.8. The van der Waals surface area contributed by atoms with Crippen molar-refractivity contribution in [2.45, 2.75) is 33.2 Å². The second-order valence-electron chi connectivity index (χ2n) is 6.84. The Morgan fingerprint density at radius 1 is 0.962 bits per heavy atom. The number of hydrogen-bond donors (Lipinski definition) is 0. The van der Waals surface area contributed by atoms with Crippen LogP contribution in [0.25, 0.3) is 0 Å². The molecule has 0 aliphatic carbocycles. The molecule has 132 valence electrons. The Bertz CT molecular complexity index is 853. The van der Waals surface area contributed by atoms with Crippen LogP contribution in [0.1, 0.15) is 46.8 Å². The van der Waals surface area contributed by atoms with E-state index in [1.165, 1.54) is 5.56 Å². The molecule has 0 spiro atoms. The van der Waals surface area contributed by atoms with Crippen LogP contribution in [0.2, 0.25) is 0 Å². The second-order valence-corrected chi connectivity index (χ2v) is 6.84. The third-order valence-electron chi connectivity index (χ3n) is 4.46. The van der Waals surface area contributed by atoms with Gasteiger partial charge in [0.15, 0.2) is 0 Å². The minimum atomic E-state index is -0.0448. The summed E-state index contributed by atoms with van der Waals surface area (Å²) in [6.45, 7) is 6.86. The van der Waals surface area contributed by atoms with Gasteiger partial charge in [-0.05, 0) is 48.2 Å². The predicted octanol–water partition coefficient (Wildman–Crippen LogP) is 5.36. The summed E-state index contributed by atoms with van der Waals surface area (Å²) >= 11 is 0. The van der Waals surface area contributed by atoms with E-state index >= 15 is 0 Å². The number of carbonyl (C=O) groups excluding carboxylic acids is 1. The number of benzene rings is 2. The molecule has 3 heteroatoms. The van der Waals surface area contributed by atoms with Gasteiger partial charge in [-0.1, -0.05) is 61.9 Å². The number of aryl methyl sites for hydroxylation is 1. The molecule has 0 aliphatic rings. The summed E-state index contributed by atoms with van der Waals surface area (Å²) < 4.78 is 0. The summed E-state index contributed by atoms with van der Waals surface area (Å²) in [4.78, 5) is 19.2. The fraction of sp³-hybridized carbons (Fsp3) is 0.217. The van der Waals surface area contributed by atoms with E-state index in [1.54, 1.807) is 11.1 Å². The lowest BCUT2D eigenvalue weighted by molar-refractivity contribution is 0.0984. The SMILES string of the molecule is Cc1ccc(C(=O)N(Cc2ccc(C(C)C)cc2)c2ccccn2)cc1. The van der Waals surface area contributed by atoms with Crippen LogP contribution in [0.4, 0.5) is 5.82 Å². The summed E-state index contributed by atoms with van der Waals surface area (Å²) in [5.41, 5.74) is 4.18. The summed E-state index contributed by atoms with van der Waals surface area (Å²) in [5, 5.41) is 0. The molecule has 3 rings (SSSR count). The summed E-state index contributed by atoms with van der Waals surface area (Å²) in [5.74, 6) is 1.10. The lowest BCUT2D eigenvalue weighted by Crippen LogP contribution is -2.31. The van der Waals surface area contributed by atoms with Crippen molar-refractivity contribution in [2.75, 3.05) is 4.90 Å². The Kier molecular flexibility index (Phi) is 5.47. The molecule has 0 saturated heterocycles. The zero-order chi connectivity index (χ0) is 18.5. The fourth-order valence-corrected chi connectivity index (χ4v) is 2.81. The number of hydrogen-bond acceptors (Lipinski definition) is 2. The maximum absolute atomic E-state index is 13.1. The minimum absolute atomic E-state index is 0.0448. The van der Waals surface area contributed by atoms with Gasteiger partial charge in [0.25, 0.3) is 5.91 Å².